The Hall–Kier alpha value is -4.54. The van der Waals surface area contributed by atoms with Crippen molar-refractivity contribution >= 4 is 108 Å². The Morgan fingerprint density at radius 1 is 0.689 bits per heavy atom. The minimum absolute atomic E-state index is 0.188. The van der Waals surface area contributed by atoms with Crippen LogP contribution < -0.4 is 9.47 Å². The van der Waals surface area contributed by atoms with Crippen LogP contribution in [-0.2, 0) is 7.05 Å². The van der Waals surface area contributed by atoms with Crippen molar-refractivity contribution in [1.29, 1.82) is 21.0 Å². The Labute approximate surface area is 278 Å². The summed E-state index contributed by atoms with van der Waals surface area (Å²) in [5, 5.41) is 37.8. The van der Waals surface area contributed by atoms with E-state index in [1.54, 1.807) is 46.1 Å². The molecule has 0 spiro atoms. The fraction of sp³-hybridized carbons (Fsp3) is 0.226. The topological polar surface area (TPSA) is 143 Å². The predicted octanol–water partition coefficient (Wildman–Crippen LogP) is 9.94. The van der Waals surface area contributed by atoms with E-state index >= 15 is 0 Å². The summed E-state index contributed by atoms with van der Waals surface area (Å²) < 4.78 is 19.1. The number of aryl methyl sites for hydroxylation is 1. The van der Waals surface area contributed by atoms with Crippen molar-refractivity contribution in [2.45, 2.75) is 26.7 Å². The van der Waals surface area contributed by atoms with Crippen LogP contribution in [0.4, 0.5) is 10.0 Å². The van der Waals surface area contributed by atoms with Crippen LogP contribution in [0.25, 0.3) is 49.3 Å². The molecule has 0 atom stereocenters. The molecule has 0 aromatic carbocycles. The van der Waals surface area contributed by atoms with E-state index in [-0.39, 0.29) is 11.4 Å². The Bertz CT molecular complexity index is 2300. The van der Waals surface area contributed by atoms with E-state index in [1.165, 1.54) is 47.0 Å². The van der Waals surface area contributed by atoms with E-state index in [0.717, 1.165) is 37.9 Å². The molecule has 0 aliphatic heterocycles. The fourth-order valence-corrected chi connectivity index (χ4v) is 10.9. The average Bonchev–Trinajstić information content (AvgIpc) is 3.88. The molecule has 14 heteroatoms. The SMILES string of the molecule is CCCOc1cc(N=C(C#N)C#N)sc1-c1cc2c(s1)c1sc3cc(-c4sc(N=C(C#N)C#N)cc4OCCC)sc3c1n2C. The summed E-state index contributed by atoms with van der Waals surface area (Å²) in [5.41, 5.74) is 1.91. The van der Waals surface area contributed by atoms with Crippen LogP contribution in [0.15, 0.2) is 34.3 Å². The Morgan fingerprint density at radius 2 is 1.20 bits per heavy atom. The molecular formula is C31H21N7O2S5. The molecule has 6 aromatic rings. The summed E-state index contributed by atoms with van der Waals surface area (Å²) >= 11 is 7.97. The Balaban J connectivity index is 1.43. The van der Waals surface area contributed by atoms with Crippen molar-refractivity contribution in [2.24, 2.45) is 17.0 Å². The number of aromatic nitrogens is 1. The van der Waals surface area contributed by atoms with Gasteiger partial charge >= 0.3 is 0 Å². The van der Waals surface area contributed by atoms with Gasteiger partial charge in [0, 0.05) is 23.9 Å². The number of hydrogen-bond acceptors (Lipinski definition) is 13. The van der Waals surface area contributed by atoms with Crippen LogP contribution in [-0.4, -0.2) is 29.2 Å². The van der Waals surface area contributed by atoms with Gasteiger partial charge in [0.05, 0.1) is 57.9 Å². The third-order valence-electron chi connectivity index (χ3n) is 6.56. The summed E-state index contributed by atoms with van der Waals surface area (Å²) in [6.45, 7) is 5.19. The molecule has 9 nitrogen and oxygen atoms in total. The second-order valence-corrected chi connectivity index (χ2v) is 14.8. The van der Waals surface area contributed by atoms with E-state index in [4.69, 9.17) is 9.47 Å². The first kappa shape index (κ1) is 30.5. The van der Waals surface area contributed by atoms with Gasteiger partial charge in [-0.05, 0) is 25.0 Å². The predicted molar refractivity (Wildman–Crippen MR) is 186 cm³/mol. The third-order valence-corrected chi connectivity index (χ3v) is 12.6. The van der Waals surface area contributed by atoms with Gasteiger partial charge in [-0.1, -0.05) is 13.8 Å². The quantitative estimate of drug-likeness (QED) is 0.131. The normalized spacial score (nSPS) is 10.8. The van der Waals surface area contributed by atoms with Gasteiger partial charge in [0.1, 0.15) is 45.8 Å². The van der Waals surface area contributed by atoms with Gasteiger partial charge in [0.15, 0.2) is 0 Å². The number of aliphatic imine (C=N–C) groups is 2. The molecule has 0 aliphatic carbocycles. The summed E-state index contributed by atoms with van der Waals surface area (Å²) in [5.74, 6) is 1.41. The van der Waals surface area contributed by atoms with Gasteiger partial charge in [-0.3, -0.25) is 0 Å². The van der Waals surface area contributed by atoms with Gasteiger partial charge < -0.3 is 14.0 Å². The fourth-order valence-electron chi connectivity index (χ4n) is 4.66. The number of hydrogen-bond donors (Lipinski definition) is 0. The van der Waals surface area contributed by atoms with E-state index in [1.807, 2.05) is 38.1 Å². The molecule has 0 unspecified atom stereocenters. The number of thiophene rings is 5. The maximum atomic E-state index is 9.18. The molecule has 0 fully saturated rings. The molecule has 222 valence electrons. The van der Waals surface area contributed by atoms with Gasteiger partial charge in [-0.15, -0.1) is 56.7 Å². The highest BCUT2D eigenvalue weighted by Gasteiger charge is 2.24. The molecule has 0 saturated carbocycles. The maximum absolute atomic E-state index is 9.18. The largest absolute Gasteiger partial charge is 0.492 e. The monoisotopic (exact) mass is 683 g/mol. The van der Waals surface area contributed by atoms with E-state index < -0.39 is 0 Å². The summed E-state index contributed by atoms with van der Waals surface area (Å²) in [7, 11) is 2.08. The molecule has 0 radical (unpaired) electrons. The van der Waals surface area contributed by atoms with E-state index in [2.05, 4.69) is 33.7 Å². The van der Waals surface area contributed by atoms with Gasteiger partial charge in [0.2, 0.25) is 11.4 Å². The summed E-state index contributed by atoms with van der Waals surface area (Å²) in [6.07, 6.45) is 1.70. The first-order chi connectivity index (χ1) is 21.9. The number of rotatable bonds is 10. The minimum atomic E-state index is -0.189. The number of ether oxygens (including phenoxy) is 2. The Kier molecular flexibility index (Phi) is 8.69. The van der Waals surface area contributed by atoms with Crippen molar-refractivity contribution in [1.82, 2.24) is 4.57 Å². The van der Waals surface area contributed by atoms with Crippen molar-refractivity contribution in [3.8, 4) is 55.3 Å². The van der Waals surface area contributed by atoms with Gasteiger partial charge in [-0.25, -0.2) is 9.98 Å². The molecule has 6 rings (SSSR count). The molecule has 6 heterocycles. The van der Waals surface area contributed by atoms with E-state index in [9.17, 15) is 21.0 Å². The highest BCUT2D eigenvalue weighted by atomic mass is 32.1. The average molecular weight is 684 g/mol. The molecule has 0 aliphatic rings. The zero-order valence-corrected chi connectivity index (χ0v) is 28.2. The number of nitriles is 4. The summed E-state index contributed by atoms with van der Waals surface area (Å²) in [6, 6.07) is 15.3. The smallest absolute Gasteiger partial charge is 0.219 e. The molecule has 6 aromatic heterocycles. The van der Waals surface area contributed by atoms with Crippen LogP contribution in [0.2, 0.25) is 0 Å². The summed E-state index contributed by atoms with van der Waals surface area (Å²) in [4.78, 5) is 12.4. The van der Waals surface area contributed by atoms with Crippen LogP contribution in [0.1, 0.15) is 26.7 Å². The van der Waals surface area contributed by atoms with Gasteiger partial charge in [0.25, 0.3) is 0 Å². The number of fused-ring (bicyclic) bond motifs is 5. The second-order valence-electron chi connectivity index (χ2n) is 9.59. The highest BCUT2D eigenvalue weighted by molar-refractivity contribution is 7.38. The van der Waals surface area contributed by atoms with Crippen LogP contribution >= 0.6 is 56.7 Å². The lowest BCUT2D eigenvalue weighted by Crippen LogP contribution is -1.94. The van der Waals surface area contributed by atoms with E-state index in [0.29, 0.717) is 34.7 Å². The van der Waals surface area contributed by atoms with Crippen LogP contribution in [0, 0.1) is 45.3 Å². The molecule has 45 heavy (non-hydrogen) atoms. The van der Waals surface area contributed by atoms with Crippen molar-refractivity contribution in [3.05, 3.63) is 24.3 Å². The van der Waals surface area contributed by atoms with Crippen molar-refractivity contribution in [2.75, 3.05) is 13.2 Å². The molecule has 0 bridgehead atoms. The van der Waals surface area contributed by atoms with Crippen LogP contribution in [0.5, 0.6) is 11.5 Å². The lowest BCUT2D eigenvalue weighted by atomic mass is 10.3. The third kappa shape index (κ3) is 5.60. The highest BCUT2D eigenvalue weighted by Crippen LogP contribution is 2.53. The zero-order chi connectivity index (χ0) is 31.7. The molecule has 0 amide bonds. The number of nitrogens with zero attached hydrogens (tertiary/aromatic N) is 7. The Morgan fingerprint density at radius 3 is 1.71 bits per heavy atom. The lowest BCUT2D eigenvalue weighted by Gasteiger charge is -2.04. The standard InChI is InChI=1S/C31H21N7O2S5/c1-4-6-39-19-9-24(36-16(12-32)13-33)44-28(19)21-8-18-27(41-21)31-26(38(18)3)30-23(43-31)11-22(42-30)29-20(40-7-5-2)10-25(45-29)37-17(14-34)15-35/h8-11H,4-7H2,1-3H3. The molecular weight excluding hydrogens is 663 g/mol. The second kappa shape index (κ2) is 12.8. The van der Waals surface area contributed by atoms with Crippen molar-refractivity contribution in [3.63, 3.8) is 0 Å². The first-order valence-corrected chi connectivity index (χ1v) is 17.8. The zero-order valence-electron chi connectivity index (χ0n) is 24.1. The van der Waals surface area contributed by atoms with Crippen LogP contribution in [0.3, 0.4) is 0 Å². The maximum Gasteiger partial charge on any atom is 0.219 e. The van der Waals surface area contributed by atoms with Crippen molar-refractivity contribution < 1.29 is 9.47 Å². The lowest BCUT2D eigenvalue weighted by molar-refractivity contribution is 0.320. The first-order valence-electron chi connectivity index (χ1n) is 13.7. The minimum Gasteiger partial charge on any atom is -0.492 e. The van der Waals surface area contributed by atoms with Gasteiger partial charge in [-0.2, -0.15) is 21.0 Å². The molecule has 0 N–H and O–H groups in total. The molecule has 0 saturated heterocycles.